The minimum Gasteiger partial charge on any atom is -0.293 e. The summed E-state index contributed by atoms with van der Waals surface area (Å²) in [4.78, 5) is 21.2. The van der Waals surface area contributed by atoms with Crippen LogP contribution in [0.2, 0.25) is 0 Å². The van der Waals surface area contributed by atoms with Crippen LogP contribution >= 0.6 is 0 Å². The van der Waals surface area contributed by atoms with E-state index in [2.05, 4.69) is 42.3 Å². The fraction of sp³-hybridized carbons (Fsp3) is 0.471. The molecule has 1 rings (SSSR count). The highest BCUT2D eigenvalue weighted by Crippen LogP contribution is 2.32. The van der Waals surface area contributed by atoms with Crippen molar-refractivity contribution in [1.29, 1.82) is 0 Å². The van der Waals surface area contributed by atoms with Gasteiger partial charge in [0.2, 0.25) is 0 Å². The van der Waals surface area contributed by atoms with E-state index in [1.807, 2.05) is 26.0 Å². The highest BCUT2D eigenvalue weighted by molar-refractivity contribution is 5.90. The van der Waals surface area contributed by atoms with Crippen molar-refractivity contribution in [3.05, 3.63) is 47.5 Å². The van der Waals surface area contributed by atoms with Crippen molar-refractivity contribution >= 4 is 5.97 Å². The second kappa shape index (κ2) is 6.71. The first-order valence-electron chi connectivity index (χ1n) is 6.94. The zero-order valence-corrected chi connectivity index (χ0v) is 13.0. The molecule has 0 unspecified atom stereocenters. The molecule has 1 aromatic carbocycles. The highest BCUT2D eigenvalue weighted by Gasteiger charge is 2.30. The number of hydrogen-bond donors (Lipinski definition) is 0. The van der Waals surface area contributed by atoms with E-state index in [0.717, 1.165) is 5.56 Å². The minimum atomic E-state index is -0.523. The molecular formula is C17H24O3. The summed E-state index contributed by atoms with van der Waals surface area (Å²) in [7, 11) is 0. The quantitative estimate of drug-likeness (QED) is 0.445. The second-order valence-electron chi connectivity index (χ2n) is 5.66. The molecule has 0 heterocycles. The molecule has 110 valence electrons. The molecule has 0 aliphatic heterocycles. The van der Waals surface area contributed by atoms with Crippen LogP contribution in [0.5, 0.6) is 0 Å². The standard InChI is InChI=1S/C17H24O3/c1-7-19-20-16(18)13(4)17(5,6)15-10-8-14(9-11-15)12(2)3/h8-12H,4,7H2,1-3,5-6H3. The Hall–Kier alpha value is -1.61. The maximum absolute atomic E-state index is 11.9. The molecule has 0 bridgehead atoms. The molecule has 0 amide bonds. The molecule has 0 saturated heterocycles. The predicted octanol–water partition coefficient (Wildman–Crippen LogP) is 4.14. The van der Waals surface area contributed by atoms with Crippen molar-refractivity contribution in [3.8, 4) is 0 Å². The first-order valence-corrected chi connectivity index (χ1v) is 6.94. The van der Waals surface area contributed by atoms with Gasteiger partial charge in [-0.1, -0.05) is 58.5 Å². The SMILES string of the molecule is C=C(C(=O)OOCC)C(C)(C)c1ccc(C(C)C)cc1. The molecule has 3 nitrogen and oxygen atoms in total. The van der Waals surface area contributed by atoms with Crippen LogP contribution in [0, 0.1) is 0 Å². The molecule has 3 heteroatoms. The van der Waals surface area contributed by atoms with Gasteiger partial charge in [0, 0.05) is 11.0 Å². The molecule has 0 aromatic heterocycles. The van der Waals surface area contributed by atoms with Gasteiger partial charge < -0.3 is 0 Å². The zero-order valence-electron chi connectivity index (χ0n) is 13.0. The maximum Gasteiger partial charge on any atom is 0.369 e. The third-order valence-corrected chi connectivity index (χ3v) is 3.55. The van der Waals surface area contributed by atoms with Gasteiger partial charge in [0.25, 0.3) is 0 Å². The maximum atomic E-state index is 11.9. The largest absolute Gasteiger partial charge is 0.369 e. The van der Waals surface area contributed by atoms with Crippen LogP contribution in [-0.2, 0) is 20.0 Å². The second-order valence-corrected chi connectivity index (χ2v) is 5.66. The summed E-state index contributed by atoms with van der Waals surface area (Å²) in [6.07, 6.45) is 0. The summed E-state index contributed by atoms with van der Waals surface area (Å²) >= 11 is 0. The van der Waals surface area contributed by atoms with E-state index in [0.29, 0.717) is 18.1 Å². The topological polar surface area (TPSA) is 35.5 Å². The van der Waals surface area contributed by atoms with Gasteiger partial charge in [-0.15, -0.1) is 0 Å². The van der Waals surface area contributed by atoms with Crippen LogP contribution < -0.4 is 0 Å². The number of carbonyl (C=O) groups is 1. The fourth-order valence-electron chi connectivity index (χ4n) is 1.88. The summed E-state index contributed by atoms with van der Waals surface area (Å²) in [5.74, 6) is -0.0388. The normalized spacial score (nSPS) is 11.5. The first kappa shape index (κ1) is 16.4. The lowest BCUT2D eigenvalue weighted by Crippen LogP contribution is -2.26. The number of rotatable bonds is 6. The summed E-state index contributed by atoms with van der Waals surface area (Å²) in [5.41, 5.74) is 2.18. The van der Waals surface area contributed by atoms with Crippen LogP contribution in [0.15, 0.2) is 36.4 Å². The highest BCUT2D eigenvalue weighted by atomic mass is 17.2. The molecule has 0 fully saturated rings. The molecule has 0 saturated carbocycles. The molecule has 20 heavy (non-hydrogen) atoms. The molecule has 0 aliphatic carbocycles. The molecule has 1 aromatic rings. The van der Waals surface area contributed by atoms with Gasteiger partial charge in [0.05, 0.1) is 6.61 Å². The first-order chi connectivity index (χ1) is 9.30. The van der Waals surface area contributed by atoms with E-state index in [1.165, 1.54) is 5.56 Å². The average molecular weight is 276 g/mol. The number of carbonyl (C=O) groups excluding carboxylic acids is 1. The van der Waals surface area contributed by atoms with Crippen LogP contribution in [0.1, 0.15) is 51.7 Å². The Morgan fingerprint density at radius 2 is 1.80 bits per heavy atom. The van der Waals surface area contributed by atoms with Crippen molar-refractivity contribution in [2.45, 2.75) is 46.0 Å². The van der Waals surface area contributed by atoms with Crippen LogP contribution in [0.3, 0.4) is 0 Å². The molecular weight excluding hydrogens is 252 g/mol. The Bertz CT molecular complexity index is 470. The van der Waals surface area contributed by atoms with E-state index in [9.17, 15) is 4.79 Å². The third-order valence-electron chi connectivity index (χ3n) is 3.55. The lowest BCUT2D eigenvalue weighted by molar-refractivity contribution is -0.266. The molecule has 0 radical (unpaired) electrons. The summed E-state index contributed by atoms with van der Waals surface area (Å²) < 4.78 is 0. The van der Waals surface area contributed by atoms with E-state index in [1.54, 1.807) is 6.92 Å². The van der Waals surface area contributed by atoms with Crippen molar-refractivity contribution in [2.75, 3.05) is 6.61 Å². The van der Waals surface area contributed by atoms with E-state index in [4.69, 9.17) is 0 Å². The summed E-state index contributed by atoms with van der Waals surface area (Å²) in [5, 5.41) is 0. The number of benzene rings is 1. The fourth-order valence-corrected chi connectivity index (χ4v) is 1.88. The van der Waals surface area contributed by atoms with Crippen molar-refractivity contribution in [2.24, 2.45) is 0 Å². The van der Waals surface area contributed by atoms with Gasteiger partial charge in [0.1, 0.15) is 0 Å². The van der Waals surface area contributed by atoms with Crippen LogP contribution in [0.25, 0.3) is 0 Å². The summed E-state index contributed by atoms with van der Waals surface area (Å²) in [6, 6.07) is 8.24. The molecule has 0 spiro atoms. The monoisotopic (exact) mass is 276 g/mol. The Labute approximate surface area is 121 Å². The van der Waals surface area contributed by atoms with Gasteiger partial charge in [-0.2, -0.15) is 4.89 Å². The van der Waals surface area contributed by atoms with Gasteiger partial charge in [0.15, 0.2) is 0 Å². The predicted molar refractivity (Wildman–Crippen MR) is 80.4 cm³/mol. The van der Waals surface area contributed by atoms with Gasteiger partial charge in [-0.3, -0.25) is 4.89 Å². The Morgan fingerprint density at radius 1 is 1.25 bits per heavy atom. The zero-order chi connectivity index (χ0) is 15.3. The Morgan fingerprint density at radius 3 is 2.25 bits per heavy atom. The average Bonchev–Trinajstić information content (AvgIpc) is 2.43. The van der Waals surface area contributed by atoms with Gasteiger partial charge >= 0.3 is 5.97 Å². The van der Waals surface area contributed by atoms with Crippen molar-refractivity contribution < 1.29 is 14.6 Å². The van der Waals surface area contributed by atoms with E-state index >= 15 is 0 Å². The smallest absolute Gasteiger partial charge is 0.293 e. The van der Waals surface area contributed by atoms with Crippen molar-refractivity contribution in [3.63, 3.8) is 0 Å². The third kappa shape index (κ3) is 3.70. The van der Waals surface area contributed by atoms with E-state index in [-0.39, 0.29) is 0 Å². The lowest BCUT2D eigenvalue weighted by atomic mass is 9.78. The van der Waals surface area contributed by atoms with Crippen LogP contribution in [0.4, 0.5) is 0 Å². The Kier molecular flexibility index (Phi) is 5.52. The van der Waals surface area contributed by atoms with Gasteiger partial charge in [-0.05, 0) is 24.0 Å². The number of hydrogen-bond acceptors (Lipinski definition) is 3. The molecule has 0 aliphatic rings. The minimum absolute atomic E-state index is 0.322. The molecule has 0 atom stereocenters. The Balaban J connectivity index is 2.91. The van der Waals surface area contributed by atoms with Crippen LogP contribution in [-0.4, -0.2) is 12.6 Å². The summed E-state index contributed by atoms with van der Waals surface area (Å²) in [6.45, 7) is 14.1. The molecule has 0 N–H and O–H groups in total. The van der Waals surface area contributed by atoms with Crippen molar-refractivity contribution in [1.82, 2.24) is 0 Å². The lowest BCUT2D eigenvalue weighted by Gasteiger charge is -2.26. The van der Waals surface area contributed by atoms with E-state index < -0.39 is 11.4 Å². The van der Waals surface area contributed by atoms with Gasteiger partial charge in [-0.25, -0.2) is 4.79 Å².